The molecule has 2 amide bonds. The van der Waals surface area contributed by atoms with Crippen LogP contribution in [0.5, 0.6) is 0 Å². The van der Waals surface area contributed by atoms with E-state index in [1.165, 1.54) is 12.1 Å². The highest BCUT2D eigenvalue weighted by atomic mass is 35.5. The summed E-state index contributed by atoms with van der Waals surface area (Å²) in [5.41, 5.74) is 1.75. The van der Waals surface area contributed by atoms with E-state index in [0.29, 0.717) is 10.7 Å². The number of aryl methyl sites for hydroxylation is 1. The number of urea groups is 1. The van der Waals surface area contributed by atoms with Gasteiger partial charge in [-0.25, -0.2) is 9.18 Å². The average molecular weight is 321 g/mol. The molecule has 0 saturated heterocycles. The molecule has 0 aliphatic heterocycles. The Labute approximate surface area is 134 Å². The molecule has 0 unspecified atom stereocenters. The van der Waals surface area contributed by atoms with Gasteiger partial charge in [-0.05, 0) is 56.2 Å². The molecule has 0 spiro atoms. The summed E-state index contributed by atoms with van der Waals surface area (Å²) in [6.45, 7) is 5.59. The van der Waals surface area contributed by atoms with Crippen LogP contribution in [0.1, 0.15) is 25.0 Å². The van der Waals surface area contributed by atoms with Gasteiger partial charge in [0.25, 0.3) is 0 Å². The van der Waals surface area contributed by atoms with E-state index in [4.69, 9.17) is 11.6 Å². The van der Waals surface area contributed by atoms with Gasteiger partial charge in [-0.2, -0.15) is 0 Å². The van der Waals surface area contributed by atoms with Gasteiger partial charge in [0.1, 0.15) is 5.82 Å². The Morgan fingerprint density at radius 2 is 1.77 bits per heavy atom. The maximum atomic E-state index is 13.0. The van der Waals surface area contributed by atoms with Crippen LogP contribution in [0, 0.1) is 12.7 Å². The smallest absolute Gasteiger partial charge is 0.319 e. The van der Waals surface area contributed by atoms with Gasteiger partial charge in [0, 0.05) is 10.7 Å². The maximum Gasteiger partial charge on any atom is 0.319 e. The quantitative estimate of drug-likeness (QED) is 0.834. The van der Waals surface area contributed by atoms with Gasteiger partial charge < -0.3 is 10.6 Å². The molecule has 0 saturated carbocycles. The third-order valence-corrected chi connectivity index (χ3v) is 3.67. The van der Waals surface area contributed by atoms with Crippen molar-refractivity contribution in [1.82, 2.24) is 5.32 Å². The van der Waals surface area contributed by atoms with Crippen molar-refractivity contribution in [2.45, 2.75) is 26.3 Å². The molecule has 22 heavy (non-hydrogen) atoms. The number of benzene rings is 2. The molecule has 0 heterocycles. The monoisotopic (exact) mass is 320 g/mol. The Kier molecular flexibility index (Phi) is 4.71. The van der Waals surface area contributed by atoms with Crippen LogP contribution in [0.2, 0.25) is 5.02 Å². The summed E-state index contributed by atoms with van der Waals surface area (Å²) in [5.74, 6) is -0.307. The summed E-state index contributed by atoms with van der Waals surface area (Å²) < 4.78 is 13.0. The zero-order chi connectivity index (χ0) is 16.3. The predicted octanol–water partition coefficient (Wildman–Crippen LogP) is 4.84. The van der Waals surface area contributed by atoms with Gasteiger partial charge >= 0.3 is 6.03 Å². The third-order valence-electron chi connectivity index (χ3n) is 3.44. The van der Waals surface area contributed by atoms with E-state index < -0.39 is 5.54 Å². The highest BCUT2D eigenvalue weighted by molar-refractivity contribution is 6.31. The Bertz CT molecular complexity index is 684. The molecule has 0 aliphatic rings. The summed E-state index contributed by atoms with van der Waals surface area (Å²) in [6.07, 6.45) is 0. The summed E-state index contributed by atoms with van der Waals surface area (Å²) >= 11 is 5.94. The minimum absolute atomic E-state index is 0.307. The Morgan fingerprint density at radius 3 is 2.41 bits per heavy atom. The van der Waals surface area contributed by atoms with E-state index in [-0.39, 0.29) is 11.8 Å². The lowest BCUT2D eigenvalue weighted by molar-refractivity contribution is 0.242. The summed E-state index contributed by atoms with van der Waals surface area (Å²) in [7, 11) is 0. The molecule has 2 N–H and O–H groups in total. The number of hydrogen-bond acceptors (Lipinski definition) is 1. The molecule has 0 bridgehead atoms. The van der Waals surface area contributed by atoms with Gasteiger partial charge in [-0.3, -0.25) is 0 Å². The Hall–Kier alpha value is -2.07. The van der Waals surface area contributed by atoms with Crippen LogP contribution in [0.25, 0.3) is 0 Å². The van der Waals surface area contributed by atoms with Crippen LogP contribution < -0.4 is 10.6 Å². The minimum Gasteiger partial charge on any atom is -0.329 e. The second-order valence-electron chi connectivity index (χ2n) is 5.67. The first kappa shape index (κ1) is 16.3. The molecular weight excluding hydrogens is 303 g/mol. The Balaban J connectivity index is 2.10. The lowest BCUT2D eigenvalue weighted by Gasteiger charge is -2.27. The molecule has 3 nitrogen and oxygen atoms in total. The number of amides is 2. The fourth-order valence-corrected chi connectivity index (χ4v) is 2.28. The minimum atomic E-state index is -0.635. The molecule has 2 aromatic carbocycles. The summed E-state index contributed by atoms with van der Waals surface area (Å²) in [6, 6.07) is 11.0. The van der Waals surface area contributed by atoms with Gasteiger partial charge in [0.2, 0.25) is 0 Å². The first-order valence-electron chi connectivity index (χ1n) is 6.89. The molecule has 0 aliphatic carbocycles. The standard InChI is InChI=1S/C17H18ClFN2O/c1-11-4-7-13(18)10-15(11)20-16(22)21-17(2,3)12-5-8-14(19)9-6-12/h4-10H,1-3H3,(H2,20,21,22). The van der Waals surface area contributed by atoms with Crippen molar-refractivity contribution in [2.24, 2.45) is 0 Å². The summed E-state index contributed by atoms with van der Waals surface area (Å²) in [5, 5.41) is 6.21. The number of anilines is 1. The van der Waals surface area contributed by atoms with Crippen molar-refractivity contribution in [3.8, 4) is 0 Å². The molecule has 0 radical (unpaired) electrons. The number of halogens is 2. The molecular formula is C17H18ClFN2O. The molecule has 2 rings (SSSR count). The Morgan fingerprint density at radius 1 is 1.14 bits per heavy atom. The van der Waals surface area contributed by atoms with Crippen LogP contribution in [0.15, 0.2) is 42.5 Å². The van der Waals surface area contributed by atoms with E-state index in [0.717, 1.165) is 11.1 Å². The highest BCUT2D eigenvalue weighted by Gasteiger charge is 2.23. The predicted molar refractivity (Wildman–Crippen MR) is 87.8 cm³/mol. The van der Waals surface area contributed by atoms with E-state index >= 15 is 0 Å². The average Bonchev–Trinajstić information content (AvgIpc) is 2.42. The molecule has 116 valence electrons. The SMILES string of the molecule is Cc1ccc(Cl)cc1NC(=O)NC(C)(C)c1ccc(F)cc1. The lowest BCUT2D eigenvalue weighted by Crippen LogP contribution is -2.43. The zero-order valence-corrected chi connectivity index (χ0v) is 13.5. The summed E-state index contributed by atoms with van der Waals surface area (Å²) in [4.78, 5) is 12.2. The van der Waals surface area contributed by atoms with Gasteiger partial charge in [-0.1, -0.05) is 29.8 Å². The van der Waals surface area contributed by atoms with Crippen LogP contribution in [-0.4, -0.2) is 6.03 Å². The van der Waals surface area contributed by atoms with Gasteiger partial charge in [0.05, 0.1) is 5.54 Å². The van der Waals surface area contributed by atoms with E-state index in [9.17, 15) is 9.18 Å². The number of carbonyl (C=O) groups excluding carboxylic acids is 1. The van der Waals surface area contributed by atoms with Gasteiger partial charge in [0.15, 0.2) is 0 Å². The van der Waals surface area contributed by atoms with Crippen LogP contribution in [0.4, 0.5) is 14.9 Å². The lowest BCUT2D eigenvalue weighted by atomic mass is 9.94. The largest absolute Gasteiger partial charge is 0.329 e. The number of hydrogen-bond donors (Lipinski definition) is 2. The fraction of sp³-hybridized carbons (Fsp3) is 0.235. The second kappa shape index (κ2) is 6.36. The van der Waals surface area contributed by atoms with E-state index in [1.54, 1.807) is 24.3 Å². The number of carbonyl (C=O) groups is 1. The maximum absolute atomic E-state index is 13.0. The fourth-order valence-electron chi connectivity index (χ4n) is 2.11. The topological polar surface area (TPSA) is 41.1 Å². The number of rotatable bonds is 3. The van der Waals surface area contributed by atoms with E-state index in [1.807, 2.05) is 26.8 Å². The third kappa shape index (κ3) is 3.98. The van der Waals surface area contributed by atoms with Crippen molar-refractivity contribution in [3.63, 3.8) is 0 Å². The van der Waals surface area contributed by atoms with Crippen molar-refractivity contribution < 1.29 is 9.18 Å². The van der Waals surface area contributed by atoms with Gasteiger partial charge in [-0.15, -0.1) is 0 Å². The second-order valence-corrected chi connectivity index (χ2v) is 6.11. The molecule has 0 aromatic heterocycles. The molecule has 0 atom stereocenters. The number of nitrogens with one attached hydrogen (secondary N) is 2. The van der Waals surface area contributed by atoms with Crippen molar-refractivity contribution in [1.29, 1.82) is 0 Å². The highest BCUT2D eigenvalue weighted by Crippen LogP contribution is 2.22. The van der Waals surface area contributed by atoms with Crippen molar-refractivity contribution >= 4 is 23.3 Å². The van der Waals surface area contributed by atoms with E-state index in [2.05, 4.69) is 10.6 Å². The zero-order valence-electron chi connectivity index (χ0n) is 12.7. The van der Waals surface area contributed by atoms with Crippen LogP contribution >= 0.6 is 11.6 Å². The molecule has 5 heteroatoms. The molecule has 2 aromatic rings. The first-order chi connectivity index (χ1) is 10.3. The van der Waals surface area contributed by atoms with Crippen LogP contribution in [0.3, 0.4) is 0 Å². The normalized spacial score (nSPS) is 11.1. The van der Waals surface area contributed by atoms with Crippen LogP contribution in [-0.2, 0) is 5.54 Å². The first-order valence-corrected chi connectivity index (χ1v) is 7.27. The van der Waals surface area contributed by atoms with Crippen molar-refractivity contribution in [2.75, 3.05) is 5.32 Å². The van der Waals surface area contributed by atoms with Crippen molar-refractivity contribution in [3.05, 3.63) is 64.4 Å². The molecule has 0 fully saturated rings.